The van der Waals surface area contributed by atoms with Crippen LogP contribution in [0, 0.1) is 19.1 Å². The zero-order valence-corrected chi connectivity index (χ0v) is 8.21. The summed E-state index contributed by atoms with van der Waals surface area (Å²) in [6.07, 6.45) is -4.80. The summed E-state index contributed by atoms with van der Waals surface area (Å²) in [7, 11) is 0. The topological polar surface area (TPSA) is 36.2 Å². The van der Waals surface area contributed by atoms with Crippen molar-refractivity contribution >= 4 is 0 Å². The summed E-state index contributed by atoms with van der Waals surface area (Å²) < 4.78 is 41.2. The van der Waals surface area contributed by atoms with Crippen LogP contribution in [0.2, 0.25) is 0 Å². The number of alkyl halides is 3. The van der Waals surface area contributed by atoms with Crippen LogP contribution in [0.4, 0.5) is 13.2 Å². The minimum atomic E-state index is -3.20. The van der Waals surface area contributed by atoms with E-state index < -0.39 is 12.8 Å². The third kappa shape index (κ3) is 2.51. The van der Waals surface area contributed by atoms with Gasteiger partial charge in [0.1, 0.15) is 5.75 Å². The van der Waals surface area contributed by atoms with E-state index >= 15 is 0 Å². The molecule has 1 unspecified atom stereocenters. The van der Waals surface area contributed by atoms with Gasteiger partial charge in [0, 0.05) is 13.0 Å². The molecule has 0 aromatic carbocycles. The lowest BCUT2D eigenvalue weighted by Gasteiger charge is -2.13. The lowest BCUT2D eigenvalue weighted by molar-refractivity contribution is -0.612. The van der Waals surface area contributed by atoms with Crippen LogP contribution in [0.3, 0.4) is 0 Å². The van der Waals surface area contributed by atoms with Gasteiger partial charge in [-0.05, 0) is 6.92 Å². The van der Waals surface area contributed by atoms with Gasteiger partial charge in [-0.1, -0.05) is 0 Å². The van der Waals surface area contributed by atoms with Gasteiger partial charge in [0.05, 0.1) is 5.56 Å². The molecule has 0 amide bonds. The van der Waals surface area contributed by atoms with Crippen LogP contribution in [-0.2, 0) is 0 Å². The Morgan fingerprint density at radius 2 is 1.93 bits per heavy atom. The molecule has 0 saturated carbocycles. The summed E-state index contributed by atoms with van der Waals surface area (Å²) >= 11 is 0. The van der Waals surface area contributed by atoms with E-state index in [1.54, 1.807) is 0 Å². The van der Waals surface area contributed by atoms with Gasteiger partial charge in [-0.2, -0.15) is 9.12 Å². The second-order valence-electron chi connectivity index (χ2n) is 3.02. The van der Waals surface area contributed by atoms with E-state index in [1.807, 2.05) is 0 Å². The van der Waals surface area contributed by atoms with E-state index in [4.69, 9.17) is 0 Å². The number of halogens is 3. The van der Waals surface area contributed by atoms with Crippen molar-refractivity contribution in [2.24, 2.45) is 0 Å². The zero-order valence-electron chi connectivity index (χ0n) is 8.21. The first kappa shape index (κ1) is 11.6. The van der Waals surface area contributed by atoms with Gasteiger partial charge in [-0.25, -0.2) is 8.78 Å². The lowest BCUT2D eigenvalue weighted by atomic mass is 10.2. The summed E-state index contributed by atoms with van der Waals surface area (Å²) in [5.41, 5.74) is 0.629. The van der Waals surface area contributed by atoms with Gasteiger partial charge in [0.25, 0.3) is 6.36 Å². The Morgan fingerprint density at radius 1 is 1.33 bits per heavy atom. The third-order valence-corrected chi connectivity index (χ3v) is 2.04. The van der Waals surface area contributed by atoms with E-state index in [2.05, 4.69) is 4.74 Å². The Bertz CT molecular complexity index is 357. The molecular formula is C9H10F3NO2. The maximum Gasteiger partial charge on any atom is 0.304 e. The molecule has 1 aromatic rings. The van der Waals surface area contributed by atoms with Crippen LogP contribution in [-0.4, -0.2) is 12.8 Å². The van der Waals surface area contributed by atoms with E-state index in [0.29, 0.717) is 10.3 Å². The molecule has 1 rings (SSSR count). The predicted molar refractivity (Wildman–Crippen MR) is 46.4 cm³/mol. The molecule has 1 aromatic heterocycles. The van der Waals surface area contributed by atoms with E-state index in [1.165, 1.54) is 13.8 Å². The average Bonchev–Trinajstić information content (AvgIpc) is 2.18. The van der Waals surface area contributed by atoms with Crippen molar-refractivity contribution in [3.05, 3.63) is 28.7 Å². The van der Waals surface area contributed by atoms with E-state index in [9.17, 15) is 18.4 Å². The Balaban J connectivity index is 2.92. The van der Waals surface area contributed by atoms with Gasteiger partial charge < -0.3 is 9.94 Å². The van der Waals surface area contributed by atoms with Crippen LogP contribution >= 0.6 is 0 Å². The molecule has 1 atom stereocenters. The zero-order chi connectivity index (χ0) is 11.6. The number of pyridine rings is 1. The number of hydrogen-bond donors (Lipinski definition) is 0. The highest BCUT2D eigenvalue weighted by molar-refractivity contribution is 5.31. The lowest BCUT2D eigenvalue weighted by Crippen LogP contribution is -2.31. The highest BCUT2D eigenvalue weighted by Crippen LogP contribution is 2.21. The molecule has 6 heteroatoms. The van der Waals surface area contributed by atoms with Gasteiger partial charge in [-0.3, -0.25) is 0 Å². The Kier molecular flexibility index (Phi) is 3.39. The first-order valence-corrected chi connectivity index (χ1v) is 4.21. The Morgan fingerprint density at radius 3 is 2.47 bits per heavy atom. The molecule has 0 bridgehead atoms. The normalized spacial score (nSPS) is 12.9. The number of aromatic nitrogens is 1. The summed E-state index contributed by atoms with van der Waals surface area (Å²) in [6.45, 7) is 2.99. The van der Waals surface area contributed by atoms with Crippen LogP contribution < -0.4 is 9.47 Å². The predicted octanol–water partition coefficient (Wildman–Crippen LogP) is 1.88. The quantitative estimate of drug-likeness (QED) is 0.577. The molecule has 0 fully saturated rings. The fourth-order valence-corrected chi connectivity index (χ4v) is 1.02. The number of hydrogen-bond acceptors (Lipinski definition) is 2. The third-order valence-electron chi connectivity index (χ3n) is 2.04. The monoisotopic (exact) mass is 221 g/mol. The SMILES string of the molecule is Cc1c(OC(F)C(F)F)cc[n+]([O-])c1C. The fourth-order valence-electron chi connectivity index (χ4n) is 1.02. The smallest absolute Gasteiger partial charge is 0.304 e. The number of rotatable bonds is 3. The Hall–Kier alpha value is -1.46. The van der Waals surface area contributed by atoms with Crippen molar-refractivity contribution in [1.29, 1.82) is 0 Å². The number of nitrogens with zero attached hydrogens (tertiary/aromatic N) is 1. The van der Waals surface area contributed by atoms with Crippen LogP contribution in [0.1, 0.15) is 11.3 Å². The van der Waals surface area contributed by atoms with E-state index in [0.717, 1.165) is 12.3 Å². The summed E-state index contributed by atoms with van der Waals surface area (Å²) in [5, 5.41) is 11.0. The second kappa shape index (κ2) is 4.37. The summed E-state index contributed by atoms with van der Waals surface area (Å²) in [4.78, 5) is 0. The molecule has 0 saturated heterocycles. The molecule has 0 spiro atoms. The van der Waals surface area contributed by atoms with Gasteiger partial charge in [0.2, 0.25) is 0 Å². The molecule has 0 radical (unpaired) electrons. The van der Waals surface area contributed by atoms with Crippen LogP contribution in [0.25, 0.3) is 0 Å². The van der Waals surface area contributed by atoms with Crippen molar-refractivity contribution in [3.8, 4) is 5.75 Å². The molecule has 15 heavy (non-hydrogen) atoms. The minimum absolute atomic E-state index is 0.0487. The minimum Gasteiger partial charge on any atom is -0.618 e. The first-order chi connectivity index (χ1) is 6.93. The molecule has 0 aliphatic heterocycles. The summed E-state index contributed by atoms with van der Waals surface area (Å²) in [6, 6.07) is 1.16. The fraction of sp³-hybridized carbons (Fsp3) is 0.444. The molecule has 1 heterocycles. The number of ether oxygens (including phenoxy) is 1. The van der Waals surface area contributed by atoms with Crippen molar-refractivity contribution in [3.63, 3.8) is 0 Å². The Labute approximate surface area is 84.7 Å². The van der Waals surface area contributed by atoms with Gasteiger partial charge in [0.15, 0.2) is 11.9 Å². The maximum atomic E-state index is 12.6. The highest BCUT2D eigenvalue weighted by Gasteiger charge is 2.22. The van der Waals surface area contributed by atoms with Crippen molar-refractivity contribution in [1.82, 2.24) is 0 Å². The molecular weight excluding hydrogens is 211 g/mol. The van der Waals surface area contributed by atoms with Crippen LogP contribution in [0.5, 0.6) is 5.75 Å². The largest absolute Gasteiger partial charge is 0.618 e. The van der Waals surface area contributed by atoms with E-state index in [-0.39, 0.29) is 11.4 Å². The average molecular weight is 221 g/mol. The standard InChI is InChI=1S/C9H10F3NO2/c1-5-6(2)13(14)4-3-7(5)15-9(12)8(10)11/h3-4,8-9H,1-2H3. The molecule has 3 nitrogen and oxygen atoms in total. The van der Waals surface area contributed by atoms with Crippen LogP contribution in [0.15, 0.2) is 12.3 Å². The van der Waals surface area contributed by atoms with Crippen molar-refractivity contribution < 1.29 is 22.6 Å². The second-order valence-corrected chi connectivity index (χ2v) is 3.02. The van der Waals surface area contributed by atoms with Crippen molar-refractivity contribution in [2.75, 3.05) is 0 Å². The molecule has 0 N–H and O–H groups in total. The summed E-state index contributed by atoms with van der Waals surface area (Å²) in [5.74, 6) is -0.0487. The van der Waals surface area contributed by atoms with Gasteiger partial charge >= 0.3 is 6.43 Å². The molecule has 0 aliphatic rings. The molecule has 0 aliphatic carbocycles. The van der Waals surface area contributed by atoms with Crippen molar-refractivity contribution in [2.45, 2.75) is 26.6 Å². The highest BCUT2D eigenvalue weighted by atomic mass is 19.3. The first-order valence-electron chi connectivity index (χ1n) is 4.21. The molecule has 84 valence electrons. The van der Waals surface area contributed by atoms with Gasteiger partial charge in [-0.15, -0.1) is 0 Å². The maximum absolute atomic E-state index is 12.6.